The summed E-state index contributed by atoms with van der Waals surface area (Å²) in [6, 6.07) is 11.3. The Balaban J connectivity index is 1.83. The zero-order valence-electron chi connectivity index (χ0n) is 18.0. The maximum absolute atomic E-state index is 13.1. The van der Waals surface area contributed by atoms with Gasteiger partial charge in [0.1, 0.15) is 11.5 Å². The summed E-state index contributed by atoms with van der Waals surface area (Å²) in [4.78, 5) is 21.1. The lowest BCUT2D eigenvalue weighted by molar-refractivity contribution is -0.274. The normalized spacial score (nSPS) is 11.7. The van der Waals surface area contributed by atoms with E-state index in [1.807, 2.05) is 50.2 Å². The first kappa shape index (κ1) is 23.8. The van der Waals surface area contributed by atoms with Crippen molar-refractivity contribution >= 4 is 32.6 Å². The molecular formula is C22H24F3N3O3S. The molecule has 1 heterocycles. The van der Waals surface area contributed by atoms with Gasteiger partial charge in [0.2, 0.25) is 5.91 Å². The summed E-state index contributed by atoms with van der Waals surface area (Å²) in [6.07, 6.45) is -4.61. The van der Waals surface area contributed by atoms with Crippen LogP contribution in [0.25, 0.3) is 10.2 Å². The van der Waals surface area contributed by atoms with E-state index in [0.29, 0.717) is 35.0 Å². The van der Waals surface area contributed by atoms with Crippen molar-refractivity contribution in [2.75, 3.05) is 38.7 Å². The molecule has 0 radical (unpaired) electrons. The van der Waals surface area contributed by atoms with Crippen LogP contribution in [0.5, 0.6) is 11.5 Å². The number of anilines is 1. The molecular weight excluding hydrogens is 443 g/mol. The van der Waals surface area contributed by atoms with E-state index < -0.39 is 6.36 Å². The molecule has 10 heteroatoms. The van der Waals surface area contributed by atoms with Crippen LogP contribution in [0.4, 0.5) is 18.3 Å². The number of alkyl halides is 3. The molecule has 0 aliphatic rings. The predicted molar refractivity (Wildman–Crippen MR) is 119 cm³/mol. The summed E-state index contributed by atoms with van der Waals surface area (Å²) in [6.45, 7) is 3.46. The number of thiazole rings is 1. The second-order valence-corrected chi connectivity index (χ2v) is 8.29. The third kappa shape index (κ3) is 6.57. The van der Waals surface area contributed by atoms with Crippen molar-refractivity contribution < 1.29 is 27.4 Å². The standard InChI is InChI=1S/C22H24F3N3O3S/c1-4-30-16-7-5-15(6-8-16)13-20(29)28(12-11-27(2)3)21-26-18-10-9-17(14-19(18)32-21)31-22(23,24)25/h5-10,14H,4,11-13H2,1-3H3. The van der Waals surface area contributed by atoms with Gasteiger partial charge in [-0.2, -0.15) is 0 Å². The molecule has 172 valence electrons. The molecule has 0 saturated heterocycles. The van der Waals surface area contributed by atoms with Gasteiger partial charge >= 0.3 is 6.36 Å². The van der Waals surface area contributed by atoms with Gasteiger partial charge in [0.25, 0.3) is 0 Å². The van der Waals surface area contributed by atoms with Crippen LogP contribution in [0.1, 0.15) is 12.5 Å². The van der Waals surface area contributed by atoms with Gasteiger partial charge in [-0.25, -0.2) is 4.98 Å². The van der Waals surface area contributed by atoms with E-state index in [0.717, 1.165) is 22.6 Å². The first-order chi connectivity index (χ1) is 15.1. The molecule has 2 aromatic carbocycles. The summed E-state index contributed by atoms with van der Waals surface area (Å²) in [5.41, 5.74) is 1.33. The summed E-state index contributed by atoms with van der Waals surface area (Å²) in [5.74, 6) is 0.263. The van der Waals surface area contributed by atoms with E-state index in [-0.39, 0.29) is 18.1 Å². The minimum Gasteiger partial charge on any atom is -0.494 e. The number of rotatable bonds is 9. The van der Waals surface area contributed by atoms with Gasteiger partial charge in [-0.3, -0.25) is 9.69 Å². The Labute approximate surface area is 188 Å². The number of nitrogens with zero attached hydrogens (tertiary/aromatic N) is 3. The molecule has 0 aliphatic heterocycles. The Bertz CT molecular complexity index is 1050. The van der Waals surface area contributed by atoms with Crippen LogP contribution < -0.4 is 14.4 Å². The van der Waals surface area contributed by atoms with Gasteiger partial charge in [0.15, 0.2) is 5.13 Å². The van der Waals surface area contributed by atoms with E-state index >= 15 is 0 Å². The second-order valence-electron chi connectivity index (χ2n) is 7.28. The topological polar surface area (TPSA) is 54.9 Å². The smallest absolute Gasteiger partial charge is 0.494 e. The van der Waals surface area contributed by atoms with Crippen LogP contribution in [0.3, 0.4) is 0 Å². The summed E-state index contributed by atoms with van der Waals surface area (Å²) in [5, 5.41) is 0.432. The minimum atomic E-state index is -4.77. The number of aromatic nitrogens is 1. The molecule has 0 atom stereocenters. The minimum absolute atomic E-state index is 0.151. The number of ether oxygens (including phenoxy) is 2. The number of fused-ring (bicyclic) bond motifs is 1. The Morgan fingerprint density at radius 3 is 2.38 bits per heavy atom. The highest BCUT2D eigenvalue weighted by Crippen LogP contribution is 2.33. The Kier molecular flexibility index (Phi) is 7.57. The highest BCUT2D eigenvalue weighted by Gasteiger charge is 2.31. The predicted octanol–water partition coefficient (Wildman–Crippen LogP) is 4.73. The van der Waals surface area contributed by atoms with Gasteiger partial charge in [0, 0.05) is 19.2 Å². The number of halogens is 3. The molecule has 3 aromatic rings. The second kappa shape index (κ2) is 10.2. The molecule has 0 fully saturated rings. The number of carbonyl (C=O) groups is 1. The van der Waals surface area contributed by atoms with Gasteiger partial charge in [-0.1, -0.05) is 23.5 Å². The third-order valence-electron chi connectivity index (χ3n) is 4.47. The van der Waals surface area contributed by atoms with Gasteiger partial charge < -0.3 is 14.4 Å². The Morgan fingerprint density at radius 1 is 1.06 bits per heavy atom. The van der Waals surface area contributed by atoms with Gasteiger partial charge in [0.05, 0.1) is 23.2 Å². The lowest BCUT2D eigenvalue weighted by Crippen LogP contribution is -2.37. The van der Waals surface area contributed by atoms with Gasteiger partial charge in [-0.15, -0.1) is 13.2 Å². The molecule has 0 spiro atoms. The van der Waals surface area contributed by atoms with Crippen LogP contribution in [0.15, 0.2) is 42.5 Å². The summed E-state index contributed by atoms with van der Waals surface area (Å²) < 4.78 is 47.5. The number of carbonyl (C=O) groups excluding carboxylic acids is 1. The maximum Gasteiger partial charge on any atom is 0.573 e. The monoisotopic (exact) mass is 467 g/mol. The molecule has 0 N–H and O–H groups in total. The first-order valence-corrected chi connectivity index (χ1v) is 10.8. The van der Waals surface area contributed by atoms with Crippen molar-refractivity contribution in [2.45, 2.75) is 19.7 Å². The largest absolute Gasteiger partial charge is 0.573 e. The van der Waals surface area contributed by atoms with Crippen LogP contribution in [0, 0.1) is 0 Å². The summed E-state index contributed by atoms with van der Waals surface area (Å²) >= 11 is 1.15. The fourth-order valence-corrected chi connectivity index (χ4v) is 4.01. The third-order valence-corrected chi connectivity index (χ3v) is 5.52. The van der Waals surface area contributed by atoms with E-state index in [4.69, 9.17) is 4.74 Å². The average molecular weight is 468 g/mol. The summed E-state index contributed by atoms with van der Waals surface area (Å²) in [7, 11) is 3.79. The van der Waals surface area contributed by atoms with E-state index in [9.17, 15) is 18.0 Å². The zero-order chi connectivity index (χ0) is 23.3. The Hall–Kier alpha value is -2.85. The SMILES string of the molecule is CCOc1ccc(CC(=O)N(CCN(C)C)c2nc3ccc(OC(F)(F)F)cc3s2)cc1. The van der Waals surface area contributed by atoms with Crippen LogP contribution >= 0.6 is 11.3 Å². The van der Waals surface area contributed by atoms with E-state index in [1.54, 1.807) is 4.90 Å². The number of amides is 1. The number of benzene rings is 2. The fourth-order valence-electron chi connectivity index (χ4n) is 2.97. The lowest BCUT2D eigenvalue weighted by Gasteiger charge is -2.22. The Morgan fingerprint density at radius 2 is 1.75 bits per heavy atom. The molecule has 0 unspecified atom stereocenters. The number of hydrogen-bond donors (Lipinski definition) is 0. The van der Waals surface area contributed by atoms with Crippen molar-refractivity contribution in [3.05, 3.63) is 48.0 Å². The highest BCUT2D eigenvalue weighted by molar-refractivity contribution is 7.22. The van der Waals surface area contributed by atoms with Crippen molar-refractivity contribution in [2.24, 2.45) is 0 Å². The van der Waals surface area contributed by atoms with Crippen molar-refractivity contribution in [1.29, 1.82) is 0 Å². The first-order valence-electron chi connectivity index (χ1n) is 9.98. The number of hydrogen-bond acceptors (Lipinski definition) is 6. The molecule has 6 nitrogen and oxygen atoms in total. The van der Waals surface area contributed by atoms with Crippen LogP contribution in [0.2, 0.25) is 0 Å². The molecule has 1 aromatic heterocycles. The lowest BCUT2D eigenvalue weighted by atomic mass is 10.1. The maximum atomic E-state index is 13.1. The molecule has 0 aliphatic carbocycles. The molecule has 0 saturated carbocycles. The van der Waals surface area contributed by atoms with E-state index in [2.05, 4.69) is 9.72 Å². The molecule has 3 rings (SSSR count). The van der Waals surface area contributed by atoms with Crippen molar-refractivity contribution in [3.63, 3.8) is 0 Å². The zero-order valence-corrected chi connectivity index (χ0v) is 18.8. The fraction of sp³-hybridized carbons (Fsp3) is 0.364. The van der Waals surface area contributed by atoms with Crippen LogP contribution in [-0.4, -0.2) is 55.9 Å². The van der Waals surface area contributed by atoms with Crippen LogP contribution in [-0.2, 0) is 11.2 Å². The number of likely N-dealkylation sites (N-methyl/N-ethyl adjacent to an activating group) is 1. The molecule has 32 heavy (non-hydrogen) atoms. The van der Waals surface area contributed by atoms with E-state index in [1.165, 1.54) is 18.2 Å². The molecule has 0 bridgehead atoms. The quantitative estimate of drug-likeness (QED) is 0.455. The van der Waals surface area contributed by atoms with Crippen molar-refractivity contribution in [1.82, 2.24) is 9.88 Å². The van der Waals surface area contributed by atoms with Gasteiger partial charge in [-0.05, 0) is 50.8 Å². The average Bonchev–Trinajstić information content (AvgIpc) is 3.11. The highest BCUT2D eigenvalue weighted by atomic mass is 32.1. The molecule has 1 amide bonds. The van der Waals surface area contributed by atoms with Crippen molar-refractivity contribution in [3.8, 4) is 11.5 Å².